The second-order valence-corrected chi connectivity index (χ2v) is 5.59. The molecule has 1 atom stereocenters. The number of aromatic nitrogens is 4. The molecule has 0 aliphatic heterocycles. The number of aryl methyl sites for hydroxylation is 1. The molecular formula is C15H19N4O2. The van der Waals surface area contributed by atoms with Gasteiger partial charge in [0.25, 0.3) is 0 Å². The molecule has 0 amide bonds. The highest BCUT2D eigenvalue weighted by atomic mass is 16.1. The van der Waals surface area contributed by atoms with E-state index in [1.54, 1.807) is 38.6 Å². The molecule has 6 heteroatoms. The molecule has 111 valence electrons. The first kappa shape index (κ1) is 15.2. The summed E-state index contributed by atoms with van der Waals surface area (Å²) in [6.07, 6.45) is 10.4. The summed E-state index contributed by atoms with van der Waals surface area (Å²) in [6.45, 7) is 3.41. The minimum atomic E-state index is -0.903. The molecule has 2 N–H and O–H groups in total. The lowest BCUT2D eigenvalue weighted by atomic mass is 9.76. The molecule has 2 heterocycles. The number of nitrogens with zero attached hydrogens (tertiary/aromatic N) is 2. The Morgan fingerprint density at radius 3 is 2.57 bits per heavy atom. The van der Waals surface area contributed by atoms with E-state index in [9.17, 15) is 9.59 Å². The van der Waals surface area contributed by atoms with Crippen molar-refractivity contribution < 1.29 is 9.59 Å². The van der Waals surface area contributed by atoms with E-state index >= 15 is 0 Å². The average molecular weight is 287 g/mol. The molecule has 6 nitrogen and oxygen atoms in total. The lowest BCUT2D eigenvalue weighted by Gasteiger charge is -2.25. The average Bonchev–Trinajstić information content (AvgIpc) is 3.12. The third-order valence-corrected chi connectivity index (χ3v) is 3.49. The van der Waals surface area contributed by atoms with Crippen LogP contribution in [0, 0.1) is 5.41 Å². The summed E-state index contributed by atoms with van der Waals surface area (Å²) in [5.41, 5.74) is -0.903. The van der Waals surface area contributed by atoms with Gasteiger partial charge >= 0.3 is 0 Å². The zero-order valence-electron chi connectivity index (χ0n) is 12.2. The molecule has 0 saturated heterocycles. The second-order valence-electron chi connectivity index (χ2n) is 5.59. The second kappa shape index (κ2) is 6.47. The van der Waals surface area contributed by atoms with E-state index in [2.05, 4.69) is 19.9 Å². The zero-order chi connectivity index (χ0) is 15.3. The van der Waals surface area contributed by atoms with E-state index < -0.39 is 11.3 Å². The van der Waals surface area contributed by atoms with Crippen LogP contribution in [-0.2, 0) is 16.0 Å². The fourth-order valence-electron chi connectivity index (χ4n) is 2.40. The van der Waals surface area contributed by atoms with Gasteiger partial charge in [-0.2, -0.15) is 0 Å². The van der Waals surface area contributed by atoms with Crippen molar-refractivity contribution in [3.8, 4) is 0 Å². The van der Waals surface area contributed by atoms with Crippen LogP contribution in [0.3, 0.4) is 0 Å². The van der Waals surface area contributed by atoms with Crippen molar-refractivity contribution >= 4 is 12.1 Å². The van der Waals surface area contributed by atoms with E-state index in [1.165, 1.54) is 0 Å². The molecule has 0 aliphatic rings. The Balaban J connectivity index is 2.03. The maximum Gasteiger partial charge on any atom is 0.205 e. The molecule has 0 aliphatic carbocycles. The summed E-state index contributed by atoms with van der Waals surface area (Å²) in [4.78, 5) is 37.9. The molecule has 2 aromatic rings. The largest absolute Gasteiger partial charge is 0.349 e. The predicted octanol–water partition coefficient (Wildman–Crippen LogP) is 1.94. The highest BCUT2D eigenvalue weighted by molar-refractivity contribution is 5.89. The van der Waals surface area contributed by atoms with Gasteiger partial charge in [0.05, 0.1) is 5.92 Å². The van der Waals surface area contributed by atoms with Crippen LogP contribution in [0.4, 0.5) is 0 Å². The van der Waals surface area contributed by atoms with Gasteiger partial charge in [0.2, 0.25) is 6.29 Å². The van der Waals surface area contributed by atoms with Crippen LogP contribution >= 0.6 is 0 Å². The fraction of sp³-hybridized carbons (Fsp3) is 0.467. The monoisotopic (exact) mass is 287 g/mol. The van der Waals surface area contributed by atoms with Gasteiger partial charge in [-0.1, -0.05) is 13.8 Å². The number of ketones is 1. The molecule has 1 radical (unpaired) electrons. The number of carbonyl (C=O) groups excluding carboxylic acids is 2. The van der Waals surface area contributed by atoms with Crippen molar-refractivity contribution in [1.82, 2.24) is 19.9 Å². The van der Waals surface area contributed by atoms with Crippen molar-refractivity contribution in [2.75, 3.05) is 0 Å². The molecular weight excluding hydrogens is 268 g/mol. The minimum Gasteiger partial charge on any atom is -0.349 e. The van der Waals surface area contributed by atoms with Gasteiger partial charge < -0.3 is 9.97 Å². The molecule has 1 unspecified atom stereocenters. The van der Waals surface area contributed by atoms with Crippen LogP contribution < -0.4 is 0 Å². The van der Waals surface area contributed by atoms with E-state index in [0.29, 0.717) is 25.1 Å². The van der Waals surface area contributed by atoms with Crippen LogP contribution in [0.5, 0.6) is 0 Å². The van der Waals surface area contributed by atoms with E-state index in [4.69, 9.17) is 0 Å². The normalized spacial score (nSPS) is 13.0. The van der Waals surface area contributed by atoms with Gasteiger partial charge in [-0.05, 0) is 6.42 Å². The summed E-state index contributed by atoms with van der Waals surface area (Å²) >= 11 is 0. The van der Waals surface area contributed by atoms with Gasteiger partial charge in [-0.15, -0.1) is 0 Å². The first-order valence-corrected chi connectivity index (χ1v) is 6.94. The summed E-state index contributed by atoms with van der Waals surface area (Å²) in [5, 5.41) is 0. The van der Waals surface area contributed by atoms with Crippen LogP contribution in [0.15, 0.2) is 24.8 Å². The lowest BCUT2D eigenvalue weighted by molar-refractivity contribution is -0.122. The number of hydrogen-bond acceptors (Lipinski definition) is 4. The maximum atomic E-state index is 12.5. The number of H-pyrrole nitrogens is 2. The fourth-order valence-corrected chi connectivity index (χ4v) is 2.40. The Bertz CT molecular complexity index is 573. The topological polar surface area (TPSA) is 91.5 Å². The van der Waals surface area contributed by atoms with Gasteiger partial charge in [0.1, 0.15) is 17.4 Å². The maximum absolute atomic E-state index is 12.5. The quantitative estimate of drug-likeness (QED) is 0.776. The molecule has 0 bridgehead atoms. The van der Waals surface area contributed by atoms with Gasteiger partial charge in [-0.3, -0.25) is 9.59 Å². The summed E-state index contributed by atoms with van der Waals surface area (Å²) in [7, 11) is 0. The molecule has 2 rings (SSSR count). The summed E-state index contributed by atoms with van der Waals surface area (Å²) in [5.74, 6) is 0.774. The number of imidazole rings is 2. The molecule has 0 saturated carbocycles. The number of aromatic amines is 2. The molecule has 0 aromatic carbocycles. The van der Waals surface area contributed by atoms with Crippen molar-refractivity contribution in [3.05, 3.63) is 36.4 Å². The summed E-state index contributed by atoms with van der Waals surface area (Å²) in [6, 6.07) is 0. The van der Waals surface area contributed by atoms with Crippen LogP contribution in [0.2, 0.25) is 0 Å². The highest BCUT2D eigenvalue weighted by Gasteiger charge is 2.38. The zero-order valence-corrected chi connectivity index (χ0v) is 12.2. The lowest BCUT2D eigenvalue weighted by Crippen LogP contribution is -2.31. The Labute approximate surface area is 123 Å². The Morgan fingerprint density at radius 2 is 2.00 bits per heavy atom. The van der Waals surface area contributed by atoms with E-state index in [1.807, 2.05) is 6.29 Å². The van der Waals surface area contributed by atoms with Crippen LogP contribution in [0.1, 0.15) is 44.3 Å². The van der Waals surface area contributed by atoms with Crippen molar-refractivity contribution in [3.63, 3.8) is 0 Å². The predicted molar refractivity (Wildman–Crippen MR) is 77.3 cm³/mol. The number of rotatable bonds is 8. The van der Waals surface area contributed by atoms with Crippen molar-refractivity contribution in [2.24, 2.45) is 5.41 Å². The Kier molecular flexibility index (Phi) is 4.67. The summed E-state index contributed by atoms with van der Waals surface area (Å²) < 4.78 is 0. The first-order valence-electron chi connectivity index (χ1n) is 6.94. The molecule has 2 aromatic heterocycles. The van der Waals surface area contributed by atoms with E-state index in [0.717, 1.165) is 5.82 Å². The SMILES string of the molecule is CC(C)([C]=O)C(C(=O)CCCc1ncc[nH]1)c1ncc[nH]1. The van der Waals surface area contributed by atoms with Crippen LogP contribution in [0.25, 0.3) is 0 Å². The smallest absolute Gasteiger partial charge is 0.205 e. The third kappa shape index (κ3) is 3.65. The highest BCUT2D eigenvalue weighted by Crippen LogP contribution is 2.34. The first-order chi connectivity index (χ1) is 10.0. The van der Waals surface area contributed by atoms with Crippen LogP contribution in [-0.4, -0.2) is 32.0 Å². The van der Waals surface area contributed by atoms with Crippen molar-refractivity contribution in [1.29, 1.82) is 0 Å². The Hall–Kier alpha value is -2.24. The third-order valence-electron chi connectivity index (χ3n) is 3.49. The number of hydrogen-bond donors (Lipinski definition) is 2. The standard InChI is InChI=1S/C15H19N4O2/c1-15(2,10-20)13(14-18-8-9-19-14)11(21)4-3-5-12-16-6-7-17-12/h6-9,13H,3-5H2,1-2H3,(H,16,17)(H,18,19). The van der Waals surface area contributed by atoms with Gasteiger partial charge in [-0.25, -0.2) is 9.97 Å². The van der Waals surface area contributed by atoms with Gasteiger partial charge in [0.15, 0.2) is 0 Å². The molecule has 21 heavy (non-hydrogen) atoms. The van der Waals surface area contributed by atoms with Crippen molar-refractivity contribution in [2.45, 2.75) is 39.0 Å². The number of nitrogens with one attached hydrogen (secondary N) is 2. The molecule has 0 spiro atoms. The van der Waals surface area contributed by atoms with E-state index in [-0.39, 0.29) is 5.78 Å². The number of Topliss-reactive ketones (excluding diaryl/α,β-unsaturated/α-hetero) is 1. The van der Waals surface area contributed by atoms with Gasteiger partial charge in [0, 0.05) is 43.0 Å². The number of carbonyl (C=O) groups is 1. The minimum absolute atomic E-state index is 0.00939. The molecule has 0 fully saturated rings. The Morgan fingerprint density at radius 1 is 1.29 bits per heavy atom.